The number of nitrogens with zero attached hydrogens (tertiary/aromatic N) is 2. The molecule has 4 nitrogen and oxygen atoms in total. The molecule has 132 valence electrons. The molecule has 0 aromatic heterocycles. The van der Waals surface area contributed by atoms with Crippen molar-refractivity contribution in [2.24, 2.45) is 33.9 Å². The Hall–Kier alpha value is -1.84. The van der Waals surface area contributed by atoms with Crippen LogP contribution in [0.3, 0.4) is 0 Å². The Labute approximate surface area is 149 Å². The Bertz CT molecular complexity index is 703. The number of anilines is 1. The van der Waals surface area contributed by atoms with Crippen LogP contribution in [-0.4, -0.2) is 18.4 Å². The number of amides is 1. The number of para-hydroxylation sites is 1. The zero-order valence-corrected chi connectivity index (χ0v) is 14.8. The van der Waals surface area contributed by atoms with Crippen molar-refractivity contribution in [1.82, 2.24) is 0 Å². The number of hydrogen-bond donors (Lipinski definition) is 1. The van der Waals surface area contributed by atoms with E-state index in [4.69, 9.17) is 5.73 Å². The van der Waals surface area contributed by atoms with Gasteiger partial charge in [0.2, 0.25) is 5.96 Å². The van der Waals surface area contributed by atoms with Gasteiger partial charge in [-0.1, -0.05) is 18.2 Å². The number of benzene rings is 1. The third-order valence-corrected chi connectivity index (χ3v) is 7.09. The second kappa shape index (κ2) is 5.58. The number of carbonyl (C=O) groups excluding carboxylic acids is 1. The maximum Gasteiger partial charge on any atom is 0.255 e. The summed E-state index contributed by atoms with van der Waals surface area (Å²) in [5.74, 6) is 2.71. The first-order valence-corrected chi connectivity index (χ1v) is 9.87. The lowest BCUT2D eigenvalue weighted by Gasteiger charge is -2.55. The molecule has 6 rings (SSSR count). The van der Waals surface area contributed by atoms with Crippen molar-refractivity contribution in [2.75, 3.05) is 11.4 Å². The summed E-state index contributed by atoms with van der Waals surface area (Å²) in [5.41, 5.74) is 8.56. The molecule has 0 unspecified atom stereocenters. The summed E-state index contributed by atoms with van der Waals surface area (Å²) in [6.45, 7) is 0.848. The van der Waals surface area contributed by atoms with Gasteiger partial charge in [-0.05, 0) is 80.8 Å². The zero-order valence-electron chi connectivity index (χ0n) is 14.8. The molecule has 5 aliphatic rings. The van der Waals surface area contributed by atoms with Gasteiger partial charge in [0.1, 0.15) is 0 Å². The van der Waals surface area contributed by atoms with Gasteiger partial charge in [-0.3, -0.25) is 4.79 Å². The van der Waals surface area contributed by atoms with Crippen molar-refractivity contribution in [2.45, 2.75) is 51.4 Å². The average Bonchev–Trinajstić information content (AvgIpc) is 2.60. The SMILES string of the molecule is NC(=NC(=O)C12CC3CC(CC(C3)C1)C2)N1CCCc2ccccc21. The van der Waals surface area contributed by atoms with Crippen LogP contribution in [0, 0.1) is 23.2 Å². The van der Waals surface area contributed by atoms with Crippen LogP contribution in [-0.2, 0) is 11.2 Å². The van der Waals surface area contributed by atoms with Crippen molar-refractivity contribution >= 4 is 17.6 Å². The third kappa shape index (κ3) is 2.49. The van der Waals surface area contributed by atoms with Gasteiger partial charge in [0.25, 0.3) is 5.91 Å². The van der Waals surface area contributed by atoms with E-state index < -0.39 is 0 Å². The average molecular weight is 337 g/mol. The van der Waals surface area contributed by atoms with Crippen molar-refractivity contribution in [3.8, 4) is 0 Å². The minimum absolute atomic E-state index is 0.0622. The van der Waals surface area contributed by atoms with E-state index in [9.17, 15) is 4.79 Å². The zero-order chi connectivity index (χ0) is 17.0. The molecule has 4 saturated carbocycles. The summed E-state index contributed by atoms with van der Waals surface area (Å²) in [6, 6.07) is 8.34. The molecule has 4 fully saturated rings. The molecule has 4 bridgehead atoms. The Kier molecular flexibility index (Phi) is 3.44. The fourth-order valence-corrected chi connectivity index (χ4v) is 6.43. The van der Waals surface area contributed by atoms with E-state index in [1.165, 1.54) is 24.8 Å². The summed E-state index contributed by atoms with van der Waals surface area (Å²) in [5, 5.41) is 0. The molecular formula is C21H27N3O. The fourth-order valence-electron chi connectivity index (χ4n) is 6.43. The number of aliphatic imine (C=N–C) groups is 1. The molecule has 4 heteroatoms. The van der Waals surface area contributed by atoms with E-state index in [1.54, 1.807) is 0 Å². The number of fused-ring (bicyclic) bond motifs is 1. The number of hydrogen-bond acceptors (Lipinski definition) is 1. The van der Waals surface area contributed by atoms with Gasteiger partial charge in [-0.2, -0.15) is 4.99 Å². The Morgan fingerprint density at radius 3 is 2.40 bits per heavy atom. The lowest BCUT2D eigenvalue weighted by molar-refractivity contribution is -0.142. The van der Waals surface area contributed by atoms with E-state index >= 15 is 0 Å². The van der Waals surface area contributed by atoms with Crippen molar-refractivity contribution in [3.05, 3.63) is 29.8 Å². The van der Waals surface area contributed by atoms with Crippen LogP contribution < -0.4 is 10.6 Å². The third-order valence-electron chi connectivity index (χ3n) is 7.09. The number of aryl methyl sites for hydroxylation is 1. The van der Waals surface area contributed by atoms with Crippen LogP contribution in [0.1, 0.15) is 50.5 Å². The predicted octanol–water partition coefficient (Wildman–Crippen LogP) is 3.50. The highest BCUT2D eigenvalue weighted by atomic mass is 16.1. The lowest BCUT2D eigenvalue weighted by Crippen LogP contribution is -2.50. The summed E-state index contributed by atoms with van der Waals surface area (Å²) >= 11 is 0. The standard InChI is InChI=1S/C21H27N3O/c22-20(24-7-3-5-17-4-1-2-6-18(17)24)23-19(25)21-11-14-8-15(12-21)10-16(9-14)13-21/h1-2,4,6,14-16H,3,5,7-13H2,(H2,22,23,25). The van der Waals surface area contributed by atoms with E-state index in [0.717, 1.165) is 62.1 Å². The van der Waals surface area contributed by atoms with E-state index in [0.29, 0.717) is 5.96 Å². The lowest BCUT2D eigenvalue weighted by atomic mass is 9.49. The van der Waals surface area contributed by atoms with Crippen LogP contribution in [0.5, 0.6) is 0 Å². The molecule has 1 amide bonds. The van der Waals surface area contributed by atoms with Gasteiger partial charge in [-0.25, -0.2) is 0 Å². The summed E-state index contributed by atoms with van der Waals surface area (Å²) in [7, 11) is 0. The first-order chi connectivity index (χ1) is 12.1. The van der Waals surface area contributed by atoms with E-state index in [2.05, 4.69) is 23.2 Å². The number of nitrogens with two attached hydrogens (primary N) is 1. The fraction of sp³-hybridized carbons (Fsp3) is 0.619. The molecule has 25 heavy (non-hydrogen) atoms. The summed E-state index contributed by atoms with van der Waals surface area (Å²) in [4.78, 5) is 19.7. The van der Waals surface area contributed by atoms with Gasteiger partial charge in [0.05, 0.1) is 5.41 Å². The van der Waals surface area contributed by atoms with Crippen LogP contribution in [0.25, 0.3) is 0 Å². The normalized spacial score (nSPS) is 36.4. The van der Waals surface area contributed by atoms with E-state index in [-0.39, 0.29) is 11.3 Å². The van der Waals surface area contributed by atoms with Crippen LogP contribution in [0.2, 0.25) is 0 Å². The van der Waals surface area contributed by atoms with Gasteiger partial charge < -0.3 is 10.6 Å². The molecule has 0 atom stereocenters. The monoisotopic (exact) mass is 337 g/mol. The summed E-state index contributed by atoms with van der Waals surface area (Å²) < 4.78 is 0. The number of rotatable bonds is 1. The molecule has 1 heterocycles. The molecular weight excluding hydrogens is 310 g/mol. The van der Waals surface area contributed by atoms with E-state index in [1.807, 2.05) is 11.0 Å². The first kappa shape index (κ1) is 15.4. The van der Waals surface area contributed by atoms with Crippen molar-refractivity contribution in [3.63, 3.8) is 0 Å². The maximum atomic E-state index is 13.2. The van der Waals surface area contributed by atoms with Crippen LogP contribution >= 0.6 is 0 Å². The second-order valence-electron chi connectivity index (χ2n) is 8.86. The molecule has 4 aliphatic carbocycles. The summed E-state index contributed by atoms with van der Waals surface area (Å²) in [6.07, 6.45) is 9.28. The molecule has 1 aliphatic heterocycles. The Morgan fingerprint density at radius 2 is 1.72 bits per heavy atom. The van der Waals surface area contributed by atoms with Crippen molar-refractivity contribution < 1.29 is 4.79 Å². The molecule has 0 saturated heterocycles. The topological polar surface area (TPSA) is 58.7 Å². The minimum Gasteiger partial charge on any atom is -0.369 e. The first-order valence-electron chi connectivity index (χ1n) is 9.87. The van der Waals surface area contributed by atoms with Gasteiger partial charge in [-0.15, -0.1) is 0 Å². The highest BCUT2D eigenvalue weighted by Crippen LogP contribution is 2.60. The molecule has 1 aromatic carbocycles. The minimum atomic E-state index is -0.200. The van der Waals surface area contributed by atoms with Gasteiger partial charge in [0.15, 0.2) is 0 Å². The Balaban J connectivity index is 1.42. The number of carbonyl (C=O) groups is 1. The number of guanidine groups is 1. The predicted molar refractivity (Wildman–Crippen MR) is 99.3 cm³/mol. The smallest absolute Gasteiger partial charge is 0.255 e. The molecule has 1 aromatic rings. The quantitative estimate of drug-likeness (QED) is 0.630. The largest absolute Gasteiger partial charge is 0.369 e. The van der Waals surface area contributed by atoms with Crippen LogP contribution in [0.15, 0.2) is 29.3 Å². The van der Waals surface area contributed by atoms with Gasteiger partial charge >= 0.3 is 0 Å². The Morgan fingerprint density at radius 1 is 1.08 bits per heavy atom. The maximum absolute atomic E-state index is 13.2. The highest BCUT2D eigenvalue weighted by molar-refractivity contribution is 6.03. The van der Waals surface area contributed by atoms with Crippen LogP contribution in [0.4, 0.5) is 5.69 Å². The molecule has 2 N–H and O–H groups in total. The second-order valence-corrected chi connectivity index (χ2v) is 8.86. The molecule has 0 radical (unpaired) electrons. The molecule has 0 spiro atoms. The van der Waals surface area contributed by atoms with Gasteiger partial charge in [0, 0.05) is 12.2 Å². The highest BCUT2D eigenvalue weighted by Gasteiger charge is 2.54. The van der Waals surface area contributed by atoms with Crippen molar-refractivity contribution in [1.29, 1.82) is 0 Å².